The number of carbonyl (C=O) groups excluding carboxylic acids is 2. The Morgan fingerprint density at radius 1 is 1.29 bits per heavy atom. The van der Waals surface area contributed by atoms with E-state index in [1.54, 1.807) is 12.0 Å². The first-order valence-electron chi connectivity index (χ1n) is 10.5. The van der Waals surface area contributed by atoms with Gasteiger partial charge in [-0.15, -0.1) is 11.3 Å². The highest BCUT2D eigenvalue weighted by atomic mass is 32.1. The number of amides is 3. The summed E-state index contributed by atoms with van der Waals surface area (Å²) < 4.78 is 5.38. The second-order valence-electron chi connectivity index (χ2n) is 7.99. The van der Waals surface area contributed by atoms with Gasteiger partial charge in [-0.3, -0.25) is 9.69 Å². The fourth-order valence-corrected chi connectivity index (χ4v) is 5.30. The predicted octanol–water partition coefficient (Wildman–Crippen LogP) is 3.11. The number of H-pyrrole nitrogens is 1. The van der Waals surface area contributed by atoms with Crippen LogP contribution in [0.25, 0.3) is 10.9 Å². The molecule has 2 saturated heterocycles. The lowest BCUT2D eigenvalue weighted by Crippen LogP contribution is -2.38. The minimum absolute atomic E-state index is 0.0989. The normalized spacial score (nSPS) is 17.4. The van der Waals surface area contributed by atoms with Gasteiger partial charge in [-0.1, -0.05) is 0 Å². The zero-order chi connectivity index (χ0) is 21.4. The van der Waals surface area contributed by atoms with E-state index in [9.17, 15) is 9.59 Å². The maximum atomic E-state index is 12.8. The number of thiazole rings is 1. The van der Waals surface area contributed by atoms with Crippen LogP contribution in [0.1, 0.15) is 30.0 Å². The van der Waals surface area contributed by atoms with E-state index >= 15 is 0 Å². The lowest BCUT2D eigenvalue weighted by atomic mass is 9.89. The molecule has 5 rings (SSSR count). The molecule has 0 spiro atoms. The van der Waals surface area contributed by atoms with Crippen molar-refractivity contribution in [2.45, 2.75) is 25.2 Å². The van der Waals surface area contributed by atoms with Crippen molar-refractivity contribution >= 4 is 39.3 Å². The number of likely N-dealkylation sites (tertiary alicyclic amines) is 1. The van der Waals surface area contributed by atoms with Crippen LogP contribution in [0.2, 0.25) is 0 Å². The Morgan fingerprint density at radius 3 is 2.87 bits per heavy atom. The number of nitrogens with zero attached hydrogens (tertiary/aromatic N) is 3. The highest BCUT2D eigenvalue weighted by molar-refractivity contribution is 7.14. The molecule has 2 aromatic heterocycles. The van der Waals surface area contributed by atoms with Crippen LogP contribution < -0.4 is 15.0 Å². The van der Waals surface area contributed by atoms with Crippen molar-refractivity contribution in [3.63, 3.8) is 0 Å². The molecule has 0 radical (unpaired) electrons. The molecule has 2 aliphatic heterocycles. The smallest absolute Gasteiger partial charge is 0.323 e. The molecule has 2 N–H and O–H groups in total. The standard InChI is InChI=1S/C22H25N5O3S/c1-30-16-2-3-19-17(11-16)18(12-24-19)14-4-7-26(8-5-14)20(28)10-15-13-31-22(25-15)27-9-6-23-21(27)29/h2-3,11-14,24H,4-10H2,1H3,(H,23,29). The van der Waals surface area contributed by atoms with E-state index in [2.05, 4.69) is 27.5 Å². The second kappa shape index (κ2) is 8.22. The maximum Gasteiger partial charge on any atom is 0.323 e. The third kappa shape index (κ3) is 3.85. The van der Waals surface area contributed by atoms with Crippen LogP contribution in [0.3, 0.4) is 0 Å². The summed E-state index contributed by atoms with van der Waals surface area (Å²) in [5.74, 6) is 1.38. The number of methoxy groups -OCH3 is 1. The van der Waals surface area contributed by atoms with Crippen LogP contribution in [0.15, 0.2) is 29.8 Å². The molecule has 31 heavy (non-hydrogen) atoms. The average Bonchev–Trinajstić information content (AvgIpc) is 3.53. The topological polar surface area (TPSA) is 90.6 Å². The van der Waals surface area contributed by atoms with Gasteiger partial charge in [0.1, 0.15) is 5.75 Å². The van der Waals surface area contributed by atoms with Crippen molar-refractivity contribution in [2.24, 2.45) is 0 Å². The number of aromatic nitrogens is 2. The van der Waals surface area contributed by atoms with Gasteiger partial charge in [0.05, 0.1) is 19.2 Å². The number of nitrogens with one attached hydrogen (secondary N) is 2. The minimum atomic E-state index is -0.121. The first-order valence-corrected chi connectivity index (χ1v) is 11.4. The molecule has 8 nitrogen and oxygen atoms in total. The first-order chi connectivity index (χ1) is 15.1. The molecule has 9 heteroatoms. The zero-order valence-electron chi connectivity index (χ0n) is 17.4. The SMILES string of the molecule is COc1ccc2[nH]cc(C3CCN(C(=O)Cc4csc(N5CCNC5=O)n4)CC3)c2c1. The number of aromatic amines is 1. The van der Waals surface area contributed by atoms with Gasteiger partial charge in [0, 0.05) is 48.7 Å². The van der Waals surface area contributed by atoms with E-state index < -0.39 is 0 Å². The van der Waals surface area contributed by atoms with Crippen LogP contribution in [-0.4, -0.2) is 60.1 Å². The predicted molar refractivity (Wildman–Crippen MR) is 120 cm³/mol. The second-order valence-corrected chi connectivity index (χ2v) is 8.83. The van der Waals surface area contributed by atoms with Gasteiger partial charge in [-0.2, -0.15) is 0 Å². The summed E-state index contributed by atoms with van der Waals surface area (Å²) in [5, 5.41) is 6.51. The third-order valence-electron chi connectivity index (χ3n) is 6.17. The number of ether oxygens (including phenoxy) is 1. The number of fused-ring (bicyclic) bond motifs is 1. The van der Waals surface area contributed by atoms with Crippen molar-refractivity contribution in [1.29, 1.82) is 0 Å². The molecule has 3 aromatic rings. The van der Waals surface area contributed by atoms with Crippen LogP contribution >= 0.6 is 11.3 Å². The summed E-state index contributed by atoms with van der Waals surface area (Å²) in [6.07, 6.45) is 4.25. The molecule has 1 aromatic carbocycles. The van der Waals surface area contributed by atoms with Crippen LogP contribution in [0, 0.1) is 0 Å². The number of hydrogen-bond acceptors (Lipinski definition) is 5. The molecule has 162 valence electrons. The Bertz CT molecular complexity index is 1120. The fourth-order valence-electron chi connectivity index (χ4n) is 4.45. The largest absolute Gasteiger partial charge is 0.497 e. The zero-order valence-corrected chi connectivity index (χ0v) is 18.2. The van der Waals surface area contributed by atoms with Crippen LogP contribution in [-0.2, 0) is 11.2 Å². The van der Waals surface area contributed by atoms with E-state index in [4.69, 9.17) is 4.74 Å². The highest BCUT2D eigenvalue weighted by Crippen LogP contribution is 2.35. The molecule has 0 aliphatic carbocycles. The maximum absolute atomic E-state index is 12.8. The average molecular weight is 440 g/mol. The van der Waals surface area contributed by atoms with Gasteiger partial charge >= 0.3 is 6.03 Å². The van der Waals surface area contributed by atoms with Gasteiger partial charge in [0.15, 0.2) is 5.13 Å². The summed E-state index contributed by atoms with van der Waals surface area (Å²) in [6.45, 7) is 2.73. The third-order valence-corrected chi connectivity index (χ3v) is 7.08. The van der Waals surface area contributed by atoms with Crippen molar-refractivity contribution < 1.29 is 14.3 Å². The first kappa shape index (κ1) is 19.9. The van der Waals surface area contributed by atoms with E-state index in [1.807, 2.05) is 22.4 Å². The molecule has 0 unspecified atom stereocenters. The van der Waals surface area contributed by atoms with E-state index in [1.165, 1.54) is 22.3 Å². The summed E-state index contributed by atoms with van der Waals surface area (Å²) in [5.41, 5.74) is 3.14. The summed E-state index contributed by atoms with van der Waals surface area (Å²) in [4.78, 5) is 36.0. The molecule has 2 aliphatic rings. The Kier molecular flexibility index (Phi) is 5.27. The number of carbonyl (C=O) groups is 2. The Balaban J connectivity index is 1.20. The molecule has 3 amide bonds. The van der Waals surface area contributed by atoms with Crippen molar-refractivity contribution in [3.05, 3.63) is 41.0 Å². The fraction of sp³-hybridized carbons (Fsp3) is 0.409. The highest BCUT2D eigenvalue weighted by Gasteiger charge is 2.27. The summed E-state index contributed by atoms with van der Waals surface area (Å²) >= 11 is 1.41. The summed E-state index contributed by atoms with van der Waals surface area (Å²) in [6, 6.07) is 5.97. The number of rotatable bonds is 5. The number of anilines is 1. The van der Waals surface area contributed by atoms with E-state index in [0.29, 0.717) is 24.1 Å². The number of benzene rings is 1. The Labute approximate surface area is 184 Å². The van der Waals surface area contributed by atoms with Gasteiger partial charge in [-0.05, 0) is 42.5 Å². The van der Waals surface area contributed by atoms with Crippen molar-refractivity contribution in [1.82, 2.24) is 20.2 Å². The van der Waals surface area contributed by atoms with Gasteiger partial charge in [0.25, 0.3) is 0 Å². The molecule has 0 atom stereocenters. The molecule has 4 heterocycles. The van der Waals surface area contributed by atoms with Gasteiger partial charge in [0.2, 0.25) is 5.91 Å². The minimum Gasteiger partial charge on any atom is -0.497 e. The molecule has 0 bridgehead atoms. The van der Waals surface area contributed by atoms with E-state index in [0.717, 1.165) is 42.9 Å². The van der Waals surface area contributed by atoms with Crippen molar-refractivity contribution in [2.75, 3.05) is 38.2 Å². The molecule has 2 fully saturated rings. The van der Waals surface area contributed by atoms with Gasteiger partial charge < -0.3 is 19.9 Å². The monoisotopic (exact) mass is 439 g/mol. The quantitative estimate of drug-likeness (QED) is 0.639. The number of urea groups is 1. The lowest BCUT2D eigenvalue weighted by Gasteiger charge is -2.32. The Hall–Kier alpha value is -3.07. The van der Waals surface area contributed by atoms with Crippen LogP contribution in [0.4, 0.5) is 9.93 Å². The lowest BCUT2D eigenvalue weighted by molar-refractivity contribution is -0.131. The molecular formula is C22H25N5O3S. The van der Waals surface area contributed by atoms with Gasteiger partial charge in [-0.25, -0.2) is 9.78 Å². The number of piperidine rings is 1. The summed E-state index contributed by atoms with van der Waals surface area (Å²) in [7, 11) is 1.68. The van der Waals surface area contributed by atoms with E-state index in [-0.39, 0.29) is 18.4 Å². The Morgan fingerprint density at radius 2 is 2.13 bits per heavy atom. The molecule has 0 saturated carbocycles. The number of hydrogen-bond donors (Lipinski definition) is 2. The molecular weight excluding hydrogens is 414 g/mol. The van der Waals surface area contributed by atoms with Crippen molar-refractivity contribution in [3.8, 4) is 5.75 Å². The van der Waals surface area contributed by atoms with Crippen LogP contribution in [0.5, 0.6) is 5.75 Å².